The number of aliphatic hydroxyl groups is 1. The average Bonchev–Trinajstić information content (AvgIpc) is 2.60. The third kappa shape index (κ3) is 5.56. The topological polar surface area (TPSA) is 70.6 Å². The lowest BCUT2D eigenvalue weighted by Crippen LogP contribution is -2.32. The molecule has 2 aromatic rings. The van der Waals surface area contributed by atoms with Crippen LogP contribution in [0, 0.1) is 26.4 Å². The van der Waals surface area contributed by atoms with Crippen LogP contribution in [0.4, 0.5) is 24.5 Å². The van der Waals surface area contributed by atoms with Crippen LogP contribution in [0.2, 0.25) is 0 Å². The Hall–Kier alpha value is -1.85. The van der Waals surface area contributed by atoms with E-state index in [4.69, 9.17) is 9.94 Å². The van der Waals surface area contributed by atoms with Gasteiger partial charge in [0.1, 0.15) is 5.82 Å². The summed E-state index contributed by atoms with van der Waals surface area (Å²) in [7, 11) is 0. The second kappa shape index (κ2) is 8.89. The van der Waals surface area contributed by atoms with Crippen molar-refractivity contribution in [1.29, 1.82) is 0 Å². The highest BCUT2D eigenvalue weighted by molar-refractivity contribution is 14.1. The van der Waals surface area contributed by atoms with E-state index >= 15 is 0 Å². The van der Waals surface area contributed by atoms with Gasteiger partial charge in [0.15, 0.2) is 11.6 Å². The Labute approximate surface area is 168 Å². The SMILES string of the molecule is CC(C)(CO)CONC(=O)c1ccc(F)c(F)c1Nc1ccc(I)cc1F. The zero-order chi connectivity index (χ0) is 20.2. The van der Waals surface area contributed by atoms with Gasteiger partial charge in [0.05, 0.1) is 30.2 Å². The summed E-state index contributed by atoms with van der Waals surface area (Å²) < 4.78 is 42.6. The Morgan fingerprint density at radius 2 is 1.89 bits per heavy atom. The zero-order valence-electron chi connectivity index (χ0n) is 14.6. The van der Waals surface area contributed by atoms with Crippen molar-refractivity contribution in [2.75, 3.05) is 18.5 Å². The molecule has 146 valence electrons. The van der Waals surface area contributed by atoms with Crippen LogP contribution in [0.15, 0.2) is 30.3 Å². The molecule has 0 aromatic heterocycles. The Morgan fingerprint density at radius 1 is 1.19 bits per heavy atom. The molecule has 0 aliphatic carbocycles. The number of benzene rings is 2. The van der Waals surface area contributed by atoms with Gasteiger partial charge in [0, 0.05) is 8.99 Å². The summed E-state index contributed by atoms with van der Waals surface area (Å²) in [5, 5.41) is 11.6. The number of hydrogen-bond acceptors (Lipinski definition) is 4. The van der Waals surface area contributed by atoms with E-state index in [0.717, 1.165) is 12.1 Å². The highest BCUT2D eigenvalue weighted by Gasteiger charge is 2.22. The van der Waals surface area contributed by atoms with Gasteiger partial charge in [-0.2, -0.15) is 0 Å². The predicted molar refractivity (Wildman–Crippen MR) is 103 cm³/mol. The van der Waals surface area contributed by atoms with E-state index in [1.165, 1.54) is 12.1 Å². The molecule has 27 heavy (non-hydrogen) atoms. The number of hydroxylamine groups is 1. The minimum absolute atomic E-state index is 0.00652. The largest absolute Gasteiger partial charge is 0.396 e. The molecule has 0 aliphatic heterocycles. The number of amides is 1. The van der Waals surface area contributed by atoms with E-state index in [2.05, 4.69) is 10.8 Å². The van der Waals surface area contributed by atoms with Crippen molar-refractivity contribution < 1.29 is 27.9 Å². The number of halogens is 4. The molecule has 2 rings (SSSR count). The van der Waals surface area contributed by atoms with Gasteiger partial charge in [-0.1, -0.05) is 13.8 Å². The zero-order valence-corrected chi connectivity index (χ0v) is 16.7. The molecule has 0 heterocycles. The van der Waals surface area contributed by atoms with Crippen molar-refractivity contribution >= 4 is 39.9 Å². The third-order valence-electron chi connectivity index (χ3n) is 3.59. The number of hydrogen-bond donors (Lipinski definition) is 3. The second-order valence-electron chi connectivity index (χ2n) is 6.58. The number of nitrogens with one attached hydrogen (secondary N) is 2. The summed E-state index contributed by atoms with van der Waals surface area (Å²) in [5.41, 5.74) is 0.607. The third-order valence-corrected chi connectivity index (χ3v) is 4.26. The molecule has 0 radical (unpaired) electrons. The average molecular weight is 494 g/mol. The van der Waals surface area contributed by atoms with E-state index in [1.807, 2.05) is 22.6 Å². The number of anilines is 2. The molecule has 0 aliphatic rings. The van der Waals surface area contributed by atoms with Crippen molar-refractivity contribution in [2.45, 2.75) is 13.8 Å². The first kappa shape index (κ1) is 21.5. The molecule has 3 N–H and O–H groups in total. The molecule has 0 saturated heterocycles. The molecular weight excluding hydrogens is 476 g/mol. The minimum Gasteiger partial charge on any atom is -0.396 e. The smallest absolute Gasteiger partial charge is 0.277 e. The van der Waals surface area contributed by atoms with Crippen LogP contribution in [0.3, 0.4) is 0 Å². The number of rotatable bonds is 7. The van der Waals surface area contributed by atoms with Crippen molar-refractivity contribution in [2.24, 2.45) is 5.41 Å². The minimum atomic E-state index is -1.32. The van der Waals surface area contributed by atoms with Crippen molar-refractivity contribution in [3.8, 4) is 0 Å². The summed E-state index contributed by atoms with van der Waals surface area (Å²) in [6.45, 7) is 3.24. The highest BCUT2D eigenvalue weighted by atomic mass is 127. The standard InChI is InChI=1S/C18H18F3IN2O3/c1-18(2,8-25)9-27-24-17(26)11-4-5-12(19)15(21)16(11)23-14-6-3-10(22)7-13(14)20/h3-7,23,25H,8-9H2,1-2H3,(H,24,26). The van der Waals surface area contributed by atoms with Gasteiger partial charge in [-0.25, -0.2) is 18.7 Å². The summed E-state index contributed by atoms with van der Waals surface area (Å²) in [5.74, 6) is -4.05. The van der Waals surface area contributed by atoms with Crippen molar-refractivity contribution in [3.63, 3.8) is 0 Å². The van der Waals surface area contributed by atoms with Gasteiger partial charge < -0.3 is 10.4 Å². The fourth-order valence-corrected chi connectivity index (χ4v) is 2.44. The summed E-state index contributed by atoms with van der Waals surface area (Å²) >= 11 is 1.91. The normalized spacial score (nSPS) is 11.4. The Balaban J connectivity index is 2.26. The summed E-state index contributed by atoms with van der Waals surface area (Å²) in [6, 6.07) is 5.98. The first-order valence-electron chi connectivity index (χ1n) is 7.87. The Kier molecular flexibility index (Phi) is 7.06. The fraction of sp³-hybridized carbons (Fsp3) is 0.278. The lowest BCUT2D eigenvalue weighted by molar-refractivity contribution is -0.0197. The van der Waals surface area contributed by atoms with Crippen LogP contribution in [0.25, 0.3) is 0 Å². The Bertz CT molecular complexity index is 847. The van der Waals surface area contributed by atoms with Crippen LogP contribution in [-0.4, -0.2) is 24.2 Å². The molecule has 0 bridgehead atoms. The predicted octanol–water partition coefficient (Wildman–Crippen LogP) is 4.13. The van der Waals surface area contributed by atoms with Crippen LogP contribution in [0.1, 0.15) is 24.2 Å². The van der Waals surface area contributed by atoms with Crippen LogP contribution < -0.4 is 10.8 Å². The molecule has 0 atom stereocenters. The van der Waals surface area contributed by atoms with E-state index < -0.39 is 34.5 Å². The molecule has 5 nitrogen and oxygen atoms in total. The van der Waals surface area contributed by atoms with Gasteiger partial charge in [0.2, 0.25) is 0 Å². The molecule has 0 unspecified atom stereocenters. The van der Waals surface area contributed by atoms with Gasteiger partial charge in [-0.15, -0.1) is 0 Å². The van der Waals surface area contributed by atoms with Gasteiger partial charge in [-0.3, -0.25) is 9.63 Å². The molecule has 9 heteroatoms. The summed E-state index contributed by atoms with van der Waals surface area (Å²) in [6.07, 6.45) is 0. The van der Waals surface area contributed by atoms with Crippen LogP contribution in [0.5, 0.6) is 0 Å². The molecule has 1 amide bonds. The van der Waals surface area contributed by atoms with Gasteiger partial charge in [-0.05, 0) is 52.9 Å². The highest BCUT2D eigenvalue weighted by Crippen LogP contribution is 2.28. The van der Waals surface area contributed by atoms with E-state index in [0.29, 0.717) is 3.57 Å². The van der Waals surface area contributed by atoms with E-state index in [1.54, 1.807) is 19.9 Å². The fourth-order valence-electron chi connectivity index (χ4n) is 1.99. The molecule has 2 aromatic carbocycles. The van der Waals surface area contributed by atoms with Gasteiger partial charge in [0.25, 0.3) is 5.91 Å². The number of aliphatic hydroxyl groups excluding tert-OH is 1. The van der Waals surface area contributed by atoms with E-state index in [9.17, 15) is 18.0 Å². The number of carbonyl (C=O) groups excluding carboxylic acids is 1. The molecule has 0 spiro atoms. The van der Waals surface area contributed by atoms with E-state index in [-0.39, 0.29) is 24.5 Å². The lowest BCUT2D eigenvalue weighted by atomic mass is 9.97. The quantitative estimate of drug-likeness (QED) is 0.400. The Morgan fingerprint density at radius 3 is 2.52 bits per heavy atom. The maximum absolute atomic E-state index is 14.3. The second-order valence-corrected chi connectivity index (χ2v) is 7.82. The van der Waals surface area contributed by atoms with Crippen molar-refractivity contribution in [1.82, 2.24) is 5.48 Å². The number of carbonyl (C=O) groups is 1. The first-order valence-corrected chi connectivity index (χ1v) is 8.95. The maximum Gasteiger partial charge on any atom is 0.277 e. The summed E-state index contributed by atoms with van der Waals surface area (Å²) in [4.78, 5) is 17.4. The lowest BCUT2D eigenvalue weighted by Gasteiger charge is -2.21. The van der Waals surface area contributed by atoms with Crippen LogP contribution in [-0.2, 0) is 4.84 Å². The van der Waals surface area contributed by atoms with Gasteiger partial charge >= 0.3 is 0 Å². The monoisotopic (exact) mass is 494 g/mol. The maximum atomic E-state index is 14.3. The molecule has 0 saturated carbocycles. The molecule has 0 fully saturated rings. The van der Waals surface area contributed by atoms with Crippen molar-refractivity contribution in [3.05, 3.63) is 56.9 Å². The molecular formula is C18H18F3IN2O3. The first-order chi connectivity index (χ1) is 12.6. The van der Waals surface area contributed by atoms with Crippen LogP contribution >= 0.6 is 22.6 Å².